The Morgan fingerprint density at radius 1 is 1.30 bits per heavy atom. The number of aromatic nitrogens is 1. The summed E-state index contributed by atoms with van der Waals surface area (Å²) in [6.07, 6.45) is 0. The van der Waals surface area contributed by atoms with Gasteiger partial charge in [0.05, 0.1) is 11.3 Å². The second-order valence-corrected chi connectivity index (χ2v) is 5.08. The van der Waals surface area contributed by atoms with Crippen LogP contribution in [0.3, 0.4) is 0 Å². The third kappa shape index (κ3) is 2.83. The first-order chi connectivity index (χ1) is 9.38. The molecule has 0 aliphatic heterocycles. The van der Waals surface area contributed by atoms with Gasteiger partial charge in [-0.15, -0.1) is 0 Å². The Bertz CT molecular complexity index is 694. The standard InChI is InChI=1S/C13H11BrN2O4/c1-6-4-9(11(15-6)13(19)20)16-12(18)8-3-2-7(14)5-10(8)17/h2-5,15,17H,1H3,(H,16,18)(H,19,20). The number of aromatic amines is 1. The molecule has 6 nitrogen and oxygen atoms in total. The number of aryl methyl sites for hydroxylation is 1. The number of carboxylic acids is 1. The Morgan fingerprint density at radius 3 is 2.60 bits per heavy atom. The fraction of sp³-hybridized carbons (Fsp3) is 0.0769. The summed E-state index contributed by atoms with van der Waals surface area (Å²) in [6, 6.07) is 5.94. The molecule has 0 unspecified atom stereocenters. The molecule has 0 saturated heterocycles. The van der Waals surface area contributed by atoms with E-state index in [2.05, 4.69) is 26.2 Å². The zero-order chi connectivity index (χ0) is 14.9. The van der Waals surface area contributed by atoms with E-state index in [4.69, 9.17) is 5.11 Å². The van der Waals surface area contributed by atoms with Crippen molar-refractivity contribution in [2.45, 2.75) is 6.92 Å². The lowest BCUT2D eigenvalue weighted by atomic mass is 10.2. The molecule has 104 valence electrons. The summed E-state index contributed by atoms with van der Waals surface area (Å²) >= 11 is 3.17. The van der Waals surface area contributed by atoms with Crippen LogP contribution >= 0.6 is 15.9 Å². The molecule has 0 spiro atoms. The summed E-state index contributed by atoms with van der Waals surface area (Å²) < 4.78 is 0.635. The van der Waals surface area contributed by atoms with Gasteiger partial charge in [-0.2, -0.15) is 0 Å². The Labute approximate surface area is 122 Å². The number of halogens is 1. The summed E-state index contributed by atoms with van der Waals surface area (Å²) in [5.41, 5.74) is 0.718. The SMILES string of the molecule is Cc1cc(NC(=O)c2ccc(Br)cc2O)c(C(=O)O)[nH]1. The van der Waals surface area contributed by atoms with Crippen LogP contribution in [0.15, 0.2) is 28.7 Å². The van der Waals surface area contributed by atoms with E-state index in [9.17, 15) is 14.7 Å². The van der Waals surface area contributed by atoms with Gasteiger partial charge in [0.25, 0.3) is 5.91 Å². The van der Waals surface area contributed by atoms with Gasteiger partial charge >= 0.3 is 5.97 Å². The number of hydrogen-bond acceptors (Lipinski definition) is 3. The molecular formula is C13H11BrN2O4. The van der Waals surface area contributed by atoms with Crippen molar-refractivity contribution in [3.8, 4) is 5.75 Å². The van der Waals surface area contributed by atoms with E-state index in [1.165, 1.54) is 18.2 Å². The molecule has 1 aromatic carbocycles. The minimum Gasteiger partial charge on any atom is -0.507 e. The molecule has 7 heteroatoms. The number of benzene rings is 1. The summed E-state index contributed by atoms with van der Waals surface area (Å²) in [4.78, 5) is 25.7. The predicted molar refractivity (Wildman–Crippen MR) is 76.2 cm³/mol. The van der Waals surface area contributed by atoms with Crippen molar-refractivity contribution >= 4 is 33.5 Å². The molecule has 1 amide bonds. The van der Waals surface area contributed by atoms with Gasteiger partial charge in [0.1, 0.15) is 11.4 Å². The third-order valence-electron chi connectivity index (χ3n) is 2.62. The highest BCUT2D eigenvalue weighted by molar-refractivity contribution is 9.10. The molecule has 0 atom stereocenters. The Kier molecular flexibility index (Phi) is 3.80. The van der Waals surface area contributed by atoms with Gasteiger partial charge < -0.3 is 20.5 Å². The number of phenolic OH excluding ortho intramolecular Hbond substituents is 1. The van der Waals surface area contributed by atoms with Gasteiger partial charge in [0.15, 0.2) is 0 Å². The number of aromatic carboxylic acids is 1. The first-order valence-corrected chi connectivity index (χ1v) is 6.40. The van der Waals surface area contributed by atoms with Gasteiger partial charge in [-0.3, -0.25) is 4.79 Å². The number of phenols is 1. The molecule has 4 N–H and O–H groups in total. The Balaban J connectivity index is 2.30. The van der Waals surface area contributed by atoms with Gasteiger partial charge in [-0.1, -0.05) is 15.9 Å². The molecule has 20 heavy (non-hydrogen) atoms. The van der Waals surface area contributed by atoms with Crippen LogP contribution in [0.5, 0.6) is 5.75 Å². The maximum atomic E-state index is 12.0. The molecule has 0 bridgehead atoms. The van der Waals surface area contributed by atoms with Crippen LogP contribution in [-0.2, 0) is 0 Å². The lowest BCUT2D eigenvalue weighted by Gasteiger charge is -2.06. The van der Waals surface area contributed by atoms with Crippen LogP contribution in [0.2, 0.25) is 0 Å². The number of amides is 1. The summed E-state index contributed by atoms with van der Waals surface area (Å²) in [5, 5.41) is 21.2. The van der Waals surface area contributed by atoms with E-state index in [1.54, 1.807) is 13.0 Å². The van der Waals surface area contributed by atoms with E-state index in [0.29, 0.717) is 10.2 Å². The molecule has 2 aromatic rings. The highest BCUT2D eigenvalue weighted by atomic mass is 79.9. The summed E-state index contributed by atoms with van der Waals surface area (Å²) in [6.45, 7) is 1.68. The van der Waals surface area contributed by atoms with Gasteiger partial charge in [0.2, 0.25) is 0 Å². The van der Waals surface area contributed by atoms with Gasteiger partial charge in [0, 0.05) is 10.2 Å². The number of carboxylic acid groups (broad SMARTS) is 1. The van der Waals surface area contributed by atoms with E-state index in [-0.39, 0.29) is 22.7 Å². The molecular weight excluding hydrogens is 328 g/mol. The lowest BCUT2D eigenvalue weighted by molar-refractivity contribution is 0.0692. The fourth-order valence-corrected chi connectivity index (χ4v) is 2.09. The van der Waals surface area contributed by atoms with E-state index >= 15 is 0 Å². The van der Waals surface area contributed by atoms with Gasteiger partial charge in [-0.05, 0) is 31.2 Å². The number of H-pyrrole nitrogens is 1. The van der Waals surface area contributed by atoms with E-state index in [1.807, 2.05) is 0 Å². The van der Waals surface area contributed by atoms with E-state index in [0.717, 1.165) is 0 Å². The minimum atomic E-state index is -1.17. The first kappa shape index (κ1) is 14.1. The number of anilines is 1. The van der Waals surface area contributed by atoms with Crippen molar-refractivity contribution in [1.29, 1.82) is 0 Å². The number of aromatic hydroxyl groups is 1. The van der Waals surface area contributed by atoms with Crippen molar-refractivity contribution in [2.24, 2.45) is 0 Å². The average Bonchev–Trinajstić information content (AvgIpc) is 2.70. The zero-order valence-electron chi connectivity index (χ0n) is 10.4. The summed E-state index contributed by atoms with van der Waals surface area (Å²) in [5.74, 6) is -1.95. The molecule has 0 radical (unpaired) electrons. The maximum absolute atomic E-state index is 12.0. The van der Waals surface area contributed by atoms with Crippen LogP contribution in [0.4, 0.5) is 5.69 Å². The predicted octanol–water partition coefficient (Wildman–Crippen LogP) is 2.74. The highest BCUT2D eigenvalue weighted by Crippen LogP contribution is 2.24. The minimum absolute atomic E-state index is 0.0587. The van der Waals surface area contributed by atoms with Crippen LogP contribution in [-0.4, -0.2) is 27.1 Å². The largest absolute Gasteiger partial charge is 0.507 e. The monoisotopic (exact) mass is 338 g/mol. The smallest absolute Gasteiger partial charge is 0.354 e. The first-order valence-electron chi connectivity index (χ1n) is 5.61. The maximum Gasteiger partial charge on any atom is 0.354 e. The molecule has 0 aliphatic carbocycles. The topological polar surface area (TPSA) is 102 Å². The van der Waals surface area contributed by atoms with E-state index < -0.39 is 11.9 Å². The molecule has 1 aromatic heterocycles. The molecule has 0 saturated carbocycles. The number of hydrogen-bond donors (Lipinski definition) is 4. The zero-order valence-corrected chi connectivity index (χ0v) is 12.0. The normalized spacial score (nSPS) is 10.3. The molecule has 1 heterocycles. The van der Waals surface area contributed by atoms with Crippen LogP contribution in [0.25, 0.3) is 0 Å². The fourth-order valence-electron chi connectivity index (χ4n) is 1.74. The molecule has 0 fully saturated rings. The average molecular weight is 339 g/mol. The second kappa shape index (κ2) is 5.38. The van der Waals surface area contributed by atoms with Crippen LogP contribution in [0.1, 0.15) is 26.5 Å². The van der Waals surface area contributed by atoms with Crippen LogP contribution in [0, 0.1) is 6.92 Å². The summed E-state index contributed by atoms with van der Waals surface area (Å²) in [7, 11) is 0. The lowest BCUT2D eigenvalue weighted by Crippen LogP contribution is -2.14. The molecule has 0 aliphatic rings. The van der Waals surface area contributed by atoms with Crippen molar-refractivity contribution in [3.63, 3.8) is 0 Å². The van der Waals surface area contributed by atoms with Gasteiger partial charge in [-0.25, -0.2) is 4.79 Å². The van der Waals surface area contributed by atoms with Crippen LogP contribution < -0.4 is 5.32 Å². The highest BCUT2D eigenvalue weighted by Gasteiger charge is 2.18. The quantitative estimate of drug-likeness (QED) is 0.690. The number of nitrogens with one attached hydrogen (secondary N) is 2. The van der Waals surface area contributed by atoms with Crippen molar-refractivity contribution in [1.82, 2.24) is 4.98 Å². The number of carbonyl (C=O) groups excluding carboxylic acids is 1. The van der Waals surface area contributed by atoms with Crippen molar-refractivity contribution < 1.29 is 19.8 Å². The Morgan fingerprint density at radius 2 is 2.00 bits per heavy atom. The van der Waals surface area contributed by atoms with Crippen molar-refractivity contribution in [3.05, 3.63) is 45.7 Å². The number of rotatable bonds is 3. The third-order valence-corrected chi connectivity index (χ3v) is 3.11. The van der Waals surface area contributed by atoms with Crippen molar-refractivity contribution in [2.75, 3.05) is 5.32 Å². The molecule has 2 rings (SSSR count). The number of carbonyl (C=O) groups is 2. The Hall–Kier alpha value is -2.28. The second-order valence-electron chi connectivity index (χ2n) is 4.16.